The number of nitrogens with zero attached hydrogens (tertiary/aromatic N) is 4. The molecule has 0 N–H and O–H groups in total. The number of piperidine rings is 1. The third kappa shape index (κ3) is 2.90. The van der Waals surface area contributed by atoms with Crippen LogP contribution in [-0.2, 0) is 9.53 Å². The van der Waals surface area contributed by atoms with E-state index in [1.807, 2.05) is 17.0 Å². The van der Waals surface area contributed by atoms with E-state index < -0.39 is 0 Å². The van der Waals surface area contributed by atoms with Gasteiger partial charge in [0.05, 0.1) is 13.2 Å². The molecule has 6 nitrogen and oxygen atoms in total. The van der Waals surface area contributed by atoms with E-state index >= 15 is 0 Å². The summed E-state index contributed by atoms with van der Waals surface area (Å²) >= 11 is 0. The van der Waals surface area contributed by atoms with Crippen molar-refractivity contribution in [2.45, 2.75) is 12.8 Å². The number of hydrogen-bond acceptors (Lipinski definition) is 5. The average Bonchev–Trinajstić information content (AvgIpc) is 2.56. The highest BCUT2D eigenvalue weighted by Gasteiger charge is 2.29. The number of carbonyl (C=O) groups is 1. The third-order valence-electron chi connectivity index (χ3n) is 4.05. The molecule has 0 aliphatic carbocycles. The molecule has 1 aromatic heterocycles. The Hall–Kier alpha value is -1.69. The lowest BCUT2D eigenvalue weighted by Crippen LogP contribution is -2.46. The minimum absolute atomic E-state index is 0.154. The van der Waals surface area contributed by atoms with Crippen molar-refractivity contribution in [3.05, 3.63) is 18.3 Å². The van der Waals surface area contributed by atoms with Crippen LogP contribution < -0.4 is 4.90 Å². The van der Waals surface area contributed by atoms with Gasteiger partial charge in [0.25, 0.3) is 0 Å². The zero-order valence-corrected chi connectivity index (χ0v) is 11.6. The number of anilines is 1. The van der Waals surface area contributed by atoms with Gasteiger partial charge in [-0.05, 0) is 25.0 Å². The summed E-state index contributed by atoms with van der Waals surface area (Å²) in [6.45, 7) is 4.57. The molecule has 0 atom stereocenters. The minimum atomic E-state index is 0.154. The van der Waals surface area contributed by atoms with Crippen LogP contribution in [0.3, 0.4) is 0 Å². The van der Waals surface area contributed by atoms with Crippen LogP contribution in [0.1, 0.15) is 12.8 Å². The van der Waals surface area contributed by atoms with Gasteiger partial charge in [-0.3, -0.25) is 4.79 Å². The van der Waals surface area contributed by atoms with Crippen molar-refractivity contribution in [2.24, 2.45) is 5.92 Å². The molecule has 1 amide bonds. The van der Waals surface area contributed by atoms with Gasteiger partial charge >= 0.3 is 0 Å². The maximum atomic E-state index is 12.4. The number of hydrogen-bond donors (Lipinski definition) is 0. The van der Waals surface area contributed by atoms with E-state index in [2.05, 4.69) is 15.1 Å². The lowest BCUT2D eigenvalue weighted by Gasteiger charge is -2.35. The molecule has 0 spiro atoms. The van der Waals surface area contributed by atoms with Gasteiger partial charge < -0.3 is 14.5 Å². The van der Waals surface area contributed by atoms with Crippen LogP contribution >= 0.6 is 0 Å². The van der Waals surface area contributed by atoms with Gasteiger partial charge in [0, 0.05) is 38.3 Å². The highest BCUT2D eigenvalue weighted by atomic mass is 16.5. The van der Waals surface area contributed by atoms with Crippen molar-refractivity contribution in [2.75, 3.05) is 44.3 Å². The lowest BCUT2D eigenvalue weighted by molar-refractivity contribution is -0.140. The number of morpholine rings is 1. The maximum Gasteiger partial charge on any atom is 0.225 e. The van der Waals surface area contributed by atoms with Gasteiger partial charge in [-0.2, -0.15) is 5.10 Å². The average molecular weight is 276 g/mol. The van der Waals surface area contributed by atoms with Crippen molar-refractivity contribution < 1.29 is 9.53 Å². The number of carbonyl (C=O) groups excluding carboxylic acids is 1. The fraction of sp³-hybridized carbons (Fsp3) is 0.643. The molecule has 2 saturated heterocycles. The molecule has 2 aliphatic rings. The zero-order chi connectivity index (χ0) is 13.8. The van der Waals surface area contributed by atoms with Gasteiger partial charge in [-0.15, -0.1) is 5.10 Å². The molecular formula is C14H20N4O2. The van der Waals surface area contributed by atoms with E-state index in [4.69, 9.17) is 4.74 Å². The molecule has 6 heteroatoms. The second-order valence-electron chi connectivity index (χ2n) is 5.28. The van der Waals surface area contributed by atoms with Crippen LogP contribution in [0.5, 0.6) is 0 Å². The number of ether oxygens (including phenoxy) is 1. The van der Waals surface area contributed by atoms with E-state index in [1.165, 1.54) is 0 Å². The molecule has 108 valence electrons. The SMILES string of the molecule is O=C(C1CCN(c2cccnn2)CC1)N1CCOCC1. The Bertz CT molecular complexity index is 440. The fourth-order valence-corrected chi connectivity index (χ4v) is 2.86. The summed E-state index contributed by atoms with van der Waals surface area (Å²) in [5.74, 6) is 1.36. The summed E-state index contributed by atoms with van der Waals surface area (Å²) in [6, 6.07) is 3.87. The second-order valence-corrected chi connectivity index (χ2v) is 5.28. The number of amides is 1. The molecular weight excluding hydrogens is 256 g/mol. The first-order chi connectivity index (χ1) is 9.84. The van der Waals surface area contributed by atoms with Gasteiger partial charge in [-0.25, -0.2) is 0 Å². The predicted octanol–water partition coefficient (Wildman–Crippen LogP) is 0.552. The van der Waals surface area contributed by atoms with E-state index in [1.54, 1.807) is 6.20 Å². The molecule has 2 aliphatic heterocycles. The van der Waals surface area contributed by atoms with Gasteiger partial charge in [0.2, 0.25) is 5.91 Å². The molecule has 0 unspecified atom stereocenters. The first-order valence-corrected chi connectivity index (χ1v) is 7.24. The van der Waals surface area contributed by atoms with E-state index in [9.17, 15) is 4.79 Å². The molecule has 20 heavy (non-hydrogen) atoms. The van der Waals surface area contributed by atoms with Crippen molar-refractivity contribution >= 4 is 11.7 Å². The fourth-order valence-electron chi connectivity index (χ4n) is 2.86. The number of rotatable bonds is 2. The lowest BCUT2D eigenvalue weighted by atomic mass is 9.95. The van der Waals surface area contributed by atoms with Gasteiger partial charge in [0.1, 0.15) is 0 Å². The summed E-state index contributed by atoms with van der Waals surface area (Å²) in [4.78, 5) is 16.6. The molecule has 0 bridgehead atoms. The summed E-state index contributed by atoms with van der Waals surface area (Å²) in [5.41, 5.74) is 0. The molecule has 3 rings (SSSR count). The van der Waals surface area contributed by atoms with Crippen LogP contribution in [-0.4, -0.2) is 60.4 Å². The van der Waals surface area contributed by atoms with Crippen molar-refractivity contribution in [1.29, 1.82) is 0 Å². The van der Waals surface area contributed by atoms with E-state index in [0.717, 1.165) is 44.8 Å². The highest BCUT2D eigenvalue weighted by molar-refractivity contribution is 5.79. The van der Waals surface area contributed by atoms with Crippen LogP contribution in [0.25, 0.3) is 0 Å². The smallest absolute Gasteiger partial charge is 0.225 e. The quantitative estimate of drug-likeness (QED) is 0.789. The highest BCUT2D eigenvalue weighted by Crippen LogP contribution is 2.23. The number of aromatic nitrogens is 2. The first kappa shape index (κ1) is 13.3. The first-order valence-electron chi connectivity index (χ1n) is 7.24. The monoisotopic (exact) mass is 276 g/mol. The normalized spacial score (nSPS) is 21.0. The standard InChI is InChI=1S/C14H20N4O2/c19-14(18-8-10-20-11-9-18)12-3-6-17(7-4-12)13-2-1-5-15-16-13/h1-2,5,12H,3-4,6-11H2. The summed E-state index contributed by atoms with van der Waals surface area (Å²) in [5, 5.41) is 8.03. The van der Waals surface area contributed by atoms with Crippen LogP contribution in [0.4, 0.5) is 5.82 Å². The minimum Gasteiger partial charge on any atom is -0.378 e. The molecule has 0 radical (unpaired) electrons. The Morgan fingerprint density at radius 1 is 1.20 bits per heavy atom. The second kappa shape index (κ2) is 6.17. The third-order valence-corrected chi connectivity index (χ3v) is 4.05. The summed E-state index contributed by atoms with van der Waals surface area (Å²) in [7, 11) is 0. The Balaban J connectivity index is 1.54. The Morgan fingerprint density at radius 2 is 1.95 bits per heavy atom. The van der Waals surface area contributed by atoms with Gasteiger partial charge in [0.15, 0.2) is 5.82 Å². The zero-order valence-electron chi connectivity index (χ0n) is 11.6. The van der Waals surface area contributed by atoms with Crippen LogP contribution in [0.15, 0.2) is 18.3 Å². The van der Waals surface area contributed by atoms with E-state index in [0.29, 0.717) is 19.1 Å². The largest absolute Gasteiger partial charge is 0.378 e. The molecule has 2 fully saturated rings. The van der Waals surface area contributed by atoms with Crippen molar-refractivity contribution in [1.82, 2.24) is 15.1 Å². The van der Waals surface area contributed by atoms with Gasteiger partial charge in [-0.1, -0.05) is 0 Å². The Morgan fingerprint density at radius 3 is 2.60 bits per heavy atom. The molecule has 0 aromatic carbocycles. The Kier molecular flexibility index (Phi) is 4.11. The predicted molar refractivity (Wildman–Crippen MR) is 74.4 cm³/mol. The molecule has 0 saturated carbocycles. The van der Waals surface area contributed by atoms with Crippen molar-refractivity contribution in [3.63, 3.8) is 0 Å². The van der Waals surface area contributed by atoms with Crippen molar-refractivity contribution in [3.8, 4) is 0 Å². The molecule has 1 aromatic rings. The maximum absolute atomic E-state index is 12.4. The van der Waals surface area contributed by atoms with E-state index in [-0.39, 0.29) is 5.92 Å². The summed E-state index contributed by atoms with van der Waals surface area (Å²) in [6.07, 6.45) is 3.47. The summed E-state index contributed by atoms with van der Waals surface area (Å²) < 4.78 is 5.29. The molecule has 3 heterocycles. The van der Waals surface area contributed by atoms with Crippen LogP contribution in [0, 0.1) is 5.92 Å². The topological polar surface area (TPSA) is 58.6 Å². The Labute approximate surface area is 118 Å². The van der Waals surface area contributed by atoms with Crippen LogP contribution in [0.2, 0.25) is 0 Å².